The van der Waals surface area contributed by atoms with Crippen molar-refractivity contribution >= 4 is 31.5 Å². The summed E-state index contributed by atoms with van der Waals surface area (Å²) in [7, 11) is 0. The summed E-state index contributed by atoms with van der Waals surface area (Å²) in [5, 5.41) is 9.20. The lowest BCUT2D eigenvalue weighted by atomic mass is 10.2. The third-order valence-corrected chi connectivity index (χ3v) is 4.39. The van der Waals surface area contributed by atoms with Gasteiger partial charge in [0, 0.05) is 46.4 Å². The Hall–Kier alpha value is -1.42. The van der Waals surface area contributed by atoms with E-state index in [2.05, 4.69) is 59.2 Å². The highest BCUT2D eigenvalue weighted by Gasteiger charge is 2.01. The molecule has 0 bridgehead atoms. The molecule has 0 atom stereocenters. The van der Waals surface area contributed by atoms with Crippen LogP contribution in [0.1, 0.15) is 0 Å². The number of fused-ring (bicyclic) bond motifs is 3. The van der Waals surface area contributed by atoms with Crippen LogP contribution in [0.25, 0.3) is 20.2 Å². The van der Waals surface area contributed by atoms with Crippen LogP contribution in [0.5, 0.6) is 0 Å². The second-order valence-electron chi connectivity index (χ2n) is 4.59. The van der Waals surface area contributed by atoms with E-state index in [0.29, 0.717) is 0 Å². The molecule has 1 fully saturated rings. The van der Waals surface area contributed by atoms with Crippen molar-refractivity contribution in [1.82, 2.24) is 10.6 Å². The van der Waals surface area contributed by atoms with Crippen molar-refractivity contribution in [2.75, 3.05) is 26.2 Å². The average molecular weight is 270 g/mol. The highest BCUT2D eigenvalue weighted by atomic mass is 32.1. The molecule has 0 aliphatic carbocycles. The van der Waals surface area contributed by atoms with Crippen LogP contribution in [0.15, 0.2) is 48.5 Å². The van der Waals surface area contributed by atoms with Crippen LogP contribution in [-0.4, -0.2) is 26.2 Å². The van der Waals surface area contributed by atoms with Crippen molar-refractivity contribution in [3.05, 3.63) is 48.5 Å². The van der Waals surface area contributed by atoms with Crippen LogP contribution >= 0.6 is 11.3 Å². The maximum atomic E-state index is 3.22. The lowest BCUT2D eigenvalue weighted by molar-refractivity contribution is 0.534. The third kappa shape index (κ3) is 2.95. The van der Waals surface area contributed by atoms with E-state index in [4.69, 9.17) is 0 Å². The van der Waals surface area contributed by atoms with Gasteiger partial charge in [0.05, 0.1) is 0 Å². The van der Waals surface area contributed by atoms with E-state index in [9.17, 15) is 0 Å². The maximum Gasteiger partial charge on any atom is 0.0355 e. The standard InChI is InChI=1S/C12H8S.C4H10N2/c1-3-7-11-9(5-1)10-6-2-4-8-12(10)13-11;1-2-6-4-3-5-1/h1-8H;5-6H,1-4H2. The number of rotatable bonds is 0. The van der Waals surface area contributed by atoms with Crippen molar-refractivity contribution in [1.29, 1.82) is 0 Å². The Morgan fingerprint density at radius 3 is 1.47 bits per heavy atom. The summed E-state index contributed by atoms with van der Waals surface area (Å²) in [5.74, 6) is 0. The van der Waals surface area contributed by atoms with Gasteiger partial charge >= 0.3 is 0 Å². The van der Waals surface area contributed by atoms with Gasteiger partial charge in [0.15, 0.2) is 0 Å². The zero-order valence-electron chi connectivity index (χ0n) is 10.9. The largest absolute Gasteiger partial charge is 0.314 e. The monoisotopic (exact) mass is 270 g/mol. The van der Waals surface area contributed by atoms with E-state index in [-0.39, 0.29) is 0 Å². The van der Waals surface area contributed by atoms with Crippen molar-refractivity contribution in [3.8, 4) is 0 Å². The Kier molecular flexibility index (Phi) is 4.08. The first-order valence-electron chi connectivity index (χ1n) is 6.73. The Balaban J connectivity index is 0.000000155. The number of piperazine rings is 1. The van der Waals surface area contributed by atoms with Crippen molar-refractivity contribution in [2.45, 2.75) is 0 Å². The van der Waals surface area contributed by atoms with Crippen molar-refractivity contribution in [3.63, 3.8) is 0 Å². The first-order chi connectivity index (χ1) is 9.45. The predicted molar refractivity (Wildman–Crippen MR) is 85.1 cm³/mol. The highest BCUT2D eigenvalue weighted by molar-refractivity contribution is 7.25. The molecule has 2 N–H and O–H groups in total. The zero-order chi connectivity index (χ0) is 12.9. The fourth-order valence-electron chi connectivity index (χ4n) is 2.28. The van der Waals surface area contributed by atoms with Gasteiger partial charge in [-0.2, -0.15) is 0 Å². The minimum absolute atomic E-state index is 1.14. The topological polar surface area (TPSA) is 24.1 Å². The Labute approximate surface area is 117 Å². The smallest absolute Gasteiger partial charge is 0.0355 e. The Morgan fingerprint density at radius 1 is 0.632 bits per heavy atom. The molecular formula is C16H18N2S. The van der Waals surface area contributed by atoms with Crippen LogP contribution in [0.2, 0.25) is 0 Å². The summed E-state index contributed by atoms with van der Waals surface area (Å²) in [5.41, 5.74) is 0. The van der Waals surface area contributed by atoms with E-state index < -0.39 is 0 Å². The van der Waals surface area contributed by atoms with Gasteiger partial charge in [0.2, 0.25) is 0 Å². The minimum atomic E-state index is 1.14. The van der Waals surface area contributed by atoms with E-state index in [1.807, 2.05) is 11.3 Å². The minimum Gasteiger partial charge on any atom is -0.314 e. The van der Waals surface area contributed by atoms with Crippen LogP contribution in [0.3, 0.4) is 0 Å². The lowest BCUT2D eigenvalue weighted by Gasteiger charge is -2.11. The molecule has 1 aromatic heterocycles. The number of benzene rings is 2. The molecule has 98 valence electrons. The number of hydrogen-bond acceptors (Lipinski definition) is 3. The average Bonchev–Trinajstić information content (AvgIpc) is 2.88. The molecule has 1 aliphatic rings. The molecule has 0 spiro atoms. The summed E-state index contributed by atoms with van der Waals surface area (Å²) >= 11 is 1.86. The summed E-state index contributed by atoms with van der Waals surface area (Å²) in [6.45, 7) is 4.56. The SMILES string of the molecule is C1CNCCN1.c1ccc2c(c1)sc1ccccc12. The van der Waals surface area contributed by atoms with Gasteiger partial charge in [0.25, 0.3) is 0 Å². The first-order valence-corrected chi connectivity index (χ1v) is 7.54. The second-order valence-corrected chi connectivity index (χ2v) is 5.68. The lowest BCUT2D eigenvalue weighted by Crippen LogP contribution is -2.39. The molecule has 1 saturated heterocycles. The molecule has 2 nitrogen and oxygen atoms in total. The van der Waals surface area contributed by atoms with E-state index in [1.54, 1.807) is 0 Å². The fourth-order valence-corrected chi connectivity index (χ4v) is 3.38. The van der Waals surface area contributed by atoms with Gasteiger partial charge in [0.1, 0.15) is 0 Å². The zero-order valence-corrected chi connectivity index (χ0v) is 11.7. The molecule has 3 heteroatoms. The molecule has 0 amide bonds. The predicted octanol–water partition coefficient (Wildman–Crippen LogP) is 3.23. The van der Waals surface area contributed by atoms with Gasteiger partial charge in [-0.05, 0) is 12.1 Å². The van der Waals surface area contributed by atoms with Crippen LogP contribution in [0.4, 0.5) is 0 Å². The van der Waals surface area contributed by atoms with Gasteiger partial charge in [-0.15, -0.1) is 11.3 Å². The molecule has 2 heterocycles. The molecule has 2 aromatic carbocycles. The van der Waals surface area contributed by atoms with Gasteiger partial charge in [-0.1, -0.05) is 36.4 Å². The van der Waals surface area contributed by atoms with Gasteiger partial charge in [-0.3, -0.25) is 0 Å². The highest BCUT2D eigenvalue weighted by Crippen LogP contribution is 2.32. The number of hydrogen-bond donors (Lipinski definition) is 2. The molecule has 0 saturated carbocycles. The van der Waals surface area contributed by atoms with E-state index in [1.165, 1.54) is 20.2 Å². The summed E-state index contributed by atoms with van der Waals surface area (Å²) in [6, 6.07) is 17.1. The summed E-state index contributed by atoms with van der Waals surface area (Å²) < 4.78 is 2.76. The third-order valence-electron chi connectivity index (χ3n) is 3.24. The maximum absolute atomic E-state index is 3.22. The number of thiophene rings is 1. The molecule has 4 rings (SSSR count). The van der Waals surface area contributed by atoms with Gasteiger partial charge in [-0.25, -0.2) is 0 Å². The summed E-state index contributed by atoms with van der Waals surface area (Å²) in [4.78, 5) is 0. The second kappa shape index (κ2) is 6.15. The Bertz CT molecular complexity index is 594. The molecule has 0 unspecified atom stereocenters. The fraction of sp³-hybridized carbons (Fsp3) is 0.250. The molecule has 1 aliphatic heterocycles. The number of nitrogens with one attached hydrogen (secondary N) is 2. The van der Waals surface area contributed by atoms with Crippen LogP contribution in [0, 0.1) is 0 Å². The first kappa shape index (κ1) is 12.6. The Morgan fingerprint density at radius 2 is 1.05 bits per heavy atom. The molecular weight excluding hydrogens is 252 g/mol. The van der Waals surface area contributed by atoms with Gasteiger partial charge < -0.3 is 10.6 Å². The quantitative estimate of drug-likeness (QED) is 0.655. The van der Waals surface area contributed by atoms with Crippen LogP contribution in [-0.2, 0) is 0 Å². The van der Waals surface area contributed by atoms with E-state index in [0.717, 1.165) is 26.2 Å². The normalized spacial score (nSPS) is 15.2. The van der Waals surface area contributed by atoms with Crippen LogP contribution < -0.4 is 10.6 Å². The molecule has 0 radical (unpaired) electrons. The summed E-state index contributed by atoms with van der Waals surface area (Å²) in [6.07, 6.45) is 0. The molecule has 19 heavy (non-hydrogen) atoms. The molecule has 3 aromatic rings. The van der Waals surface area contributed by atoms with E-state index >= 15 is 0 Å². The van der Waals surface area contributed by atoms with Crippen molar-refractivity contribution in [2.24, 2.45) is 0 Å². The van der Waals surface area contributed by atoms with Crippen molar-refractivity contribution < 1.29 is 0 Å².